The van der Waals surface area contributed by atoms with E-state index < -0.39 is 6.10 Å². The van der Waals surface area contributed by atoms with Crippen LogP contribution in [0.3, 0.4) is 0 Å². The molecule has 1 heterocycles. The van der Waals surface area contributed by atoms with Gasteiger partial charge in [-0.05, 0) is 32.0 Å². The van der Waals surface area contributed by atoms with Crippen molar-refractivity contribution >= 4 is 5.69 Å². The molecule has 0 radical (unpaired) electrons. The van der Waals surface area contributed by atoms with E-state index in [0.29, 0.717) is 12.2 Å². The zero-order chi connectivity index (χ0) is 13.8. The summed E-state index contributed by atoms with van der Waals surface area (Å²) in [5, 5.41) is 22.6. The molecule has 1 aromatic heterocycles. The maximum absolute atomic E-state index is 9.74. The third-order valence-corrected chi connectivity index (χ3v) is 2.95. The van der Waals surface area contributed by atoms with Crippen LogP contribution in [0.25, 0.3) is 0 Å². The fourth-order valence-electron chi connectivity index (χ4n) is 1.93. The molecule has 0 saturated heterocycles. The minimum Gasteiger partial charge on any atom is -0.506 e. The van der Waals surface area contributed by atoms with Gasteiger partial charge in [-0.25, -0.2) is 0 Å². The van der Waals surface area contributed by atoms with Gasteiger partial charge >= 0.3 is 0 Å². The van der Waals surface area contributed by atoms with Crippen LogP contribution in [-0.2, 0) is 6.54 Å². The molecule has 0 saturated carbocycles. The van der Waals surface area contributed by atoms with Crippen molar-refractivity contribution in [3.05, 3.63) is 53.3 Å². The van der Waals surface area contributed by atoms with Gasteiger partial charge in [-0.1, -0.05) is 18.2 Å². The molecule has 0 fully saturated rings. The van der Waals surface area contributed by atoms with Crippen molar-refractivity contribution in [2.24, 2.45) is 0 Å². The number of anilines is 1. The number of para-hydroxylation sites is 1. The van der Waals surface area contributed by atoms with Crippen LogP contribution in [0.4, 0.5) is 5.69 Å². The van der Waals surface area contributed by atoms with Gasteiger partial charge in [0.05, 0.1) is 12.6 Å². The first kappa shape index (κ1) is 13.4. The molecule has 0 aliphatic rings. The number of benzene rings is 1. The zero-order valence-electron chi connectivity index (χ0n) is 11.1. The number of aliphatic hydroxyl groups is 1. The van der Waals surface area contributed by atoms with Crippen LogP contribution >= 0.6 is 0 Å². The molecule has 1 atom stereocenters. The standard InChI is InChI=1S/C15H18N2O2/c1-10-7-8-15(19)14(17-10)9-16-13-6-4-3-5-12(13)11(2)18/h3-8,11,16,18-19H,9H2,1-2H3. The van der Waals surface area contributed by atoms with Gasteiger partial charge in [0.1, 0.15) is 11.4 Å². The van der Waals surface area contributed by atoms with Crippen molar-refractivity contribution in [1.82, 2.24) is 4.98 Å². The summed E-state index contributed by atoms with van der Waals surface area (Å²) in [7, 11) is 0. The number of nitrogens with one attached hydrogen (secondary N) is 1. The molecule has 4 heteroatoms. The highest BCUT2D eigenvalue weighted by atomic mass is 16.3. The Morgan fingerprint density at radius 2 is 1.95 bits per heavy atom. The van der Waals surface area contributed by atoms with E-state index in [1.807, 2.05) is 31.2 Å². The summed E-state index contributed by atoms with van der Waals surface area (Å²) in [5.41, 5.74) is 3.13. The molecule has 3 N–H and O–H groups in total. The highest BCUT2D eigenvalue weighted by Gasteiger charge is 2.08. The first-order valence-corrected chi connectivity index (χ1v) is 6.24. The maximum Gasteiger partial charge on any atom is 0.138 e. The number of aliphatic hydroxyl groups excluding tert-OH is 1. The van der Waals surface area contributed by atoms with Crippen LogP contribution in [0, 0.1) is 6.92 Å². The van der Waals surface area contributed by atoms with Gasteiger partial charge in [0.25, 0.3) is 0 Å². The smallest absolute Gasteiger partial charge is 0.138 e. The fourth-order valence-corrected chi connectivity index (χ4v) is 1.93. The number of hydrogen-bond acceptors (Lipinski definition) is 4. The van der Waals surface area contributed by atoms with Gasteiger partial charge in [0.15, 0.2) is 0 Å². The summed E-state index contributed by atoms with van der Waals surface area (Å²) in [6, 6.07) is 11.0. The van der Waals surface area contributed by atoms with E-state index in [1.165, 1.54) is 0 Å². The summed E-state index contributed by atoms with van der Waals surface area (Å²) < 4.78 is 0. The van der Waals surface area contributed by atoms with Crippen molar-refractivity contribution in [3.63, 3.8) is 0 Å². The van der Waals surface area contributed by atoms with Crippen molar-refractivity contribution < 1.29 is 10.2 Å². The fraction of sp³-hybridized carbons (Fsp3) is 0.267. The minimum atomic E-state index is -0.539. The van der Waals surface area contributed by atoms with E-state index in [0.717, 1.165) is 16.9 Å². The molecule has 1 aromatic carbocycles. The number of hydrogen-bond donors (Lipinski definition) is 3. The molecule has 0 spiro atoms. The van der Waals surface area contributed by atoms with Gasteiger partial charge in [-0.2, -0.15) is 0 Å². The molecule has 0 bridgehead atoms. The van der Waals surface area contributed by atoms with Crippen molar-refractivity contribution in [3.8, 4) is 5.75 Å². The van der Waals surface area contributed by atoms with E-state index in [4.69, 9.17) is 0 Å². The number of pyridine rings is 1. The quantitative estimate of drug-likeness (QED) is 0.789. The van der Waals surface area contributed by atoms with Gasteiger partial charge in [0, 0.05) is 16.9 Å². The Morgan fingerprint density at radius 1 is 1.21 bits per heavy atom. The van der Waals surface area contributed by atoms with E-state index >= 15 is 0 Å². The molecule has 4 nitrogen and oxygen atoms in total. The van der Waals surface area contributed by atoms with Crippen LogP contribution < -0.4 is 5.32 Å². The maximum atomic E-state index is 9.74. The first-order chi connectivity index (χ1) is 9.08. The van der Waals surface area contributed by atoms with E-state index in [9.17, 15) is 10.2 Å². The second kappa shape index (κ2) is 5.71. The molecule has 2 aromatic rings. The number of nitrogens with zero attached hydrogens (tertiary/aromatic N) is 1. The van der Waals surface area contributed by atoms with Crippen LogP contribution in [0.5, 0.6) is 5.75 Å². The predicted molar refractivity (Wildman–Crippen MR) is 75.0 cm³/mol. The van der Waals surface area contributed by atoms with Gasteiger partial charge < -0.3 is 15.5 Å². The lowest BCUT2D eigenvalue weighted by Crippen LogP contribution is -2.06. The predicted octanol–water partition coefficient (Wildman–Crippen LogP) is 2.76. The van der Waals surface area contributed by atoms with Gasteiger partial charge in [-0.15, -0.1) is 0 Å². The second-order valence-electron chi connectivity index (χ2n) is 4.54. The summed E-state index contributed by atoms with van der Waals surface area (Å²) in [6.45, 7) is 4.02. The monoisotopic (exact) mass is 258 g/mol. The lowest BCUT2D eigenvalue weighted by atomic mass is 10.1. The largest absolute Gasteiger partial charge is 0.506 e. The first-order valence-electron chi connectivity index (χ1n) is 6.24. The molecule has 19 heavy (non-hydrogen) atoms. The Bertz CT molecular complexity index is 568. The number of aromatic nitrogens is 1. The van der Waals surface area contributed by atoms with Crippen LogP contribution in [0.15, 0.2) is 36.4 Å². The Labute approximate surface area is 112 Å². The van der Waals surface area contributed by atoms with Crippen molar-refractivity contribution in [2.75, 3.05) is 5.32 Å². The average Bonchev–Trinajstić information content (AvgIpc) is 2.40. The molecule has 2 rings (SSSR count). The van der Waals surface area contributed by atoms with Crippen molar-refractivity contribution in [2.45, 2.75) is 26.5 Å². The minimum absolute atomic E-state index is 0.174. The van der Waals surface area contributed by atoms with E-state index in [-0.39, 0.29) is 5.75 Å². The lowest BCUT2D eigenvalue weighted by Gasteiger charge is -2.14. The normalized spacial score (nSPS) is 12.2. The molecule has 0 aliphatic carbocycles. The molecular weight excluding hydrogens is 240 g/mol. The summed E-state index contributed by atoms with van der Waals surface area (Å²) in [5.74, 6) is 0.174. The SMILES string of the molecule is Cc1ccc(O)c(CNc2ccccc2C(C)O)n1. The lowest BCUT2D eigenvalue weighted by molar-refractivity contribution is 0.200. The molecular formula is C15H18N2O2. The van der Waals surface area contributed by atoms with Crippen LogP contribution in [0.1, 0.15) is 30.0 Å². The average molecular weight is 258 g/mol. The van der Waals surface area contributed by atoms with E-state index in [1.54, 1.807) is 19.1 Å². The van der Waals surface area contributed by atoms with Gasteiger partial charge in [-0.3, -0.25) is 4.98 Å². The highest BCUT2D eigenvalue weighted by molar-refractivity contribution is 5.52. The summed E-state index contributed by atoms with van der Waals surface area (Å²) in [4.78, 5) is 4.29. The Kier molecular flexibility index (Phi) is 4.02. The summed E-state index contributed by atoms with van der Waals surface area (Å²) in [6.07, 6.45) is -0.539. The molecule has 1 unspecified atom stereocenters. The highest BCUT2D eigenvalue weighted by Crippen LogP contribution is 2.23. The molecule has 0 amide bonds. The third-order valence-electron chi connectivity index (χ3n) is 2.95. The third kappa shape index (κ3) is 3.23. The van der Waals surface area contributed by atoms with Crippen LogP contribution in [0.2, 0.25) is 0 Å². The Balaban J connectivity index is 2.17. The Morgan fingerprint density at radius 3 is 2.68 bits per heavy atom. The van der Waals surface area contributed by atoms with Crippen LogP contribution in [-0.4, -0.2) is 15.2 Å². The molecule has 100 valence electrons. The number of aryl methyl sites for hydroxylation is 1. The summed E-state index contributed by atoms with van der Waals surface area (Å²) >= 11 is 0. The zero-order valence-corrected chi connectivity index (χ0v) is 11.1. The van der Waals surface area contributed by atoms with Gasteiger partial charge in [0.2, 0.25) is 0 Å². The van der Waals surface area contributed by atoms with Crippen molar-refractivity contribution in [1.29, 1.82) is 0 Å². The second-order valence-corrected chi connectivity index (χ2v) is 4.54. The Hall–Kier alpha value is -2.07. The topological polar surface area (TPSA) is 65.4 Å². The number of aromatic hydroxyl groups is 1. The molecule has 0 aliphatic heterocycles. The number of rotatable bonds is 4. The van der Waals surface area contributed by atoms with E-state index in [2.05, 4.69) is 10.3 Å².